The molecule has 1 atom stereocenters. The Morgan fingerprint density at radius 2 is 2.23 bits per heavy atom. The van der Waals surface area contributed by atoms with Crippen molar-refractivity contribution in [2.45, 2.75) is 18.8 Å². The van der Waals surface area contributed by atoms with Gasteiger partial charge >= 0.3 is 0 Å². The molecule has 4 heterocycles. The van der Waals surface area contributed by atoms with Crippen LogP contribution in [0, 0.1) is 11.8 Å². The van der Waals surface area contributed by atoms with E-state index in [1.165, 1.54) is 36.9 Å². The fourth-order valence-corrected chi connectivity index (χ4v) is 3.16. The van der Waals surface area contributed by atoms with Crippen LogP contribution in [0.2, 0.25) is 0 Å². The van der Waals surface area contributed by atoms with Crippen LogP contribution in [-0.2, 0) is 0 Å². The van der Waals surface area contributed by atoms with Crippen LogP contribution in [0.1, 0.15) is 35.0 Å². The number of amides is 1. The fourth-order valence-electron chi connectivity index (χ4n) is 3.16. The number of pyridine rings is 1. The van der Waals surface area contributed by atoms with Gasteiger partial charge in [0.15, 0.2) is 5.89 Å². The molecule has 0 saturated carbocycles. The van der Waals surface area contributed by atoms with Gasteiger partial charge in [0.05, 0.1) is 17.2 Å². The minimum absolute atomic E-state index is 0.0466. The van der Waals surface area contributed by atoms with Gasteiger partial charge in [-0.1, -0.05) is 0 Å². The third kappa shape index (κ3) is 3.22. The van der Waals surface area contributed by atoms with Gasteiger partial charge in [-0.05, 0) is 25.0 Å². The lowest BCUT2D eigenvalue weighted by atomic mass is 9.97. The summed E-state index contributed by atoms with van der Waals surface area (Å²) in [6.07, 6.45) is 5.61. The van der Waals surface area contributed by atoms with Gasteiger partial charge in [0.2, 0.25) is 5.95 Å². The lowest BCUT2D eigenvalue weighted by Crippen LogP contribution is -2.39. The Kier molecular flexibility index (Phi) is 4.24. The first-order valence-corrected chi connectivity index (χ1v) is 8.30. The molecule has 0 aliphatic carbocycles. The zero-order valence-electron chi connectivity index (χ0n) is 13.8. The topological polar surface area (TPSA) is 75.0 Å². The summed E-state index contributed by atoms with van der Waals surface area (Å²) in [4.78, 5) is 25.0. The lowest BCUT2D eigenvalue weighted by molar-refractivity contribution is 0.0697. The largest absolute Gasteiger partial charge is 0.448 e. The maximum absolute atomic E-state index is 13.1. The van der Waals surface area contributed by atoms with Crippen molar-refractivity contribution in [1.29, 1.82) is 0 Å². The van der Waals surface area contributed by atoms with E-state index in [9.17, 15) is 13.6 Å². The molecule has 0 aromatic carbocycles. The quantitative estimate of drug-likeness (QED) is 0.729. The van der Waals surface area contributed by atoms with Crippen LogP contribution in [0.5, 0.6) is 0 Å². The van der Waals surface area contributed by atoms with E-state index >= 15 is 0 Å². The molecule has 3 aromatic heterocycles. The average Bonchev–Trinajstić information content (AvgIpc) is 3.31. The normalized spacial score (nSPS) is 17.5. The molecule has 0 radical (unpaired) electrons. The van der Waals surface area contributed by atoms with Crippen molar-refractivity contribution in [3.05, 3.63) is 60.1 Å². The van der Waals surface area contributed by atoms with Gasteiger partial charge in [-0.15, -0.1) is 0 Å². The van der Waals surface area contributed by atoms with Crippen LogP contribution >= 0.6 is 0 Å². The Balaban J connectivity index is 1.49. The highest BCUT2D eigenvalue weighted by molar-refractivity contribution is 5.94. The molecule has 0 unspecified atom stereocenters. The number of piperidine rings is 1. The second-order valence-corrected chi connectivity index (χ2v) is 6.26. The summed E-state index contributed by atoms with van der Waals surface area (Å²) in [5.41, 5.74) is 1.41. The molecule has 26 heavy (non-hydrogen) atoms. The molecule has 6 nitrogen and oxygen atoms in total. The summed E-state index contributed by atoms with van der Waals surface area (Å²) in [5, 5.41) is 0. The number of carbonyl (C=O) groups excluding carboxylic acids is 1. The maximum atomic E-state index is 13.1. The highest BCUT2D eigenvalue weighted by atomic mass is 19.1. The predicted molar refractivity (Wildman–Crippen MR) is 88.3 cm³/mol. The van der Waals surface area contributed by atoms with Crippen molar-refractivity contribution < 1.29 is 18.0 Å². The summed E-state index contributed by atoms with van der Waals surface area (Å²) in [6.45, 7) is 1.07. The summed E-state index contributed by atoms with van der Waals surface area (Å²) in [5.74, 6) is -0.710. The number of carbonyl (C=O) groups is 1. The number of hydrogen-bond donors (Lipinski definition) is 1. The molecule has 1 aliphatic rings. The third-order valence-electron chi connectivity index (χ3n) is 4.48. The van der Waals surface area contributed by atoms with Gasteiger partial charge in [0, 0.05) is 31.5 Å². The molecule has 1 aliphatic heterocycles. The maximum Gasteiger partial charge on any atom is 0.255 e. The molecule has 4 rings (SSSR count). The van der Waals surface area contributed by atoms with Crippen molar-refractivity contribution >= 4 is 5.91 Å². The highest BCUT2D eigenvalue weighted by Crippen LogP contribution is 2.29. The number of nitrogens with zero attached hydrogens (tertiary/aromatic N) is 3. The van der Waals surface area contributed by atoms with Crippen molar-refractivity contribution in [2.75, 3.05) is 13.1 Å². The third-order valence-corrected chi connectivity index (χ3v) is 4.48. The van der Waals surface area contributed by atoms with E-state index in [4.69, 9.17) is 4.42 Å². The molecule has 1 fully saturated rings. The highest BCUT2D eigenvalue weighted by Gasteiger charge is 2.28. The number of aromatic nitrogens is 3. The van der Waals surface area contributed by atoms with Gasteiger partial charge in [-0.25, -0.2) is 14.4 Å². The zero-order valence-corrected chi connectivity index (χ0v) is 13.8. The Morgan fingerprint density at radius 1 is 1.35 bits per heavy atom. The fraction of sp³-hybridized carbons (Fsp3) is 0.278. The molecule has 1 saturated heterocycles. The number of aromatic amines is 1. The number of likely N-dealkylation sites (tertiary alicyclic amines) is 1. The second kappa shape index (κ2) is 6.70. The first-order valence-electron chi connectivity index (χ1n) is 8.30. The van der Waals surface area contributed by atoms with E-state index in [2.05, 4.69) is 15.0 Å². The lowest BCUT2D eigenvalue weighted by Gasteiger charge is -2.31. The van der Waals surface area contributed by atoms with Gasteiger partial charge < -0.3 is 14.3 Å². The molecule has 0 spiro atoms. The Hall–Kier alpha value is -3.03. The Labute approximate surface area is 147 Å². The van der Waals surface area contributed by atoms with Crippen molar-refractivity contribution in [2.24, 2.45) is 0 Å². The van der Waals surface area contributed by atoms with Crippen LogP contribution in [0.3, 0.4) is 0 Å². The summed E-state index contributed by atoms with van der Waals surface area (Å²) >= 11 is 0. The first kappa shape index (κ1) is 16.4. The number of hydrogen-bond acceptors (Lipinski definition) is 4. The molecule has 0 bridgehead atoms. The van der Waals surface area contributed by atoms with E-state index in [0.717, 1.165) is 12.8 Å². The Bertz CT molecular complexity index is 919. The van der Waals surface area contributed by atoms with Crippen LogP contribution < -0.4 is 0 Å². The predicted octanol–water partition coefficient (Wildman–Crippen LogP) is 3.36. The molecular weight excluding hydrogens is 342 g/mol. The van der Waals surface area contributed by atoms with Crippen molar-refractivity contribution in [3.63, 3.8) is 0 Å². The SMILES string of the molecule is O=C(c1ccc(F)nc1)N1CCC[C@H](c2nc(-c3cc(F)c[nH]3)co2)C1. The summed E-state index contributed by atoms with van der Waals surface area (Å²) in [6, 6.07) is 3.95. The first-order chi connectivity index (χ1) is 12.6. The van der Waals surface area contributed by atoms with Crippen molar-refractivity contribution in [1.82, 2.24) is 19.9 Å². The average molecular weight is 358 g/mol. The number of nitrogens with one attached hydrogen (secondary N) is 1. The van der Waals surface area contributed by atoms with Gasteiger partial charge in [0.25, 0.3) is 5.91 Å². The molecule has 134 valence electrons. The molecular formula is C18H16F2N4O2. The van der Waals surface area contributed by atoms with E-state index in [1.807, 2.05) is 0 Å². The van der Waals surface area contributed by atoms with E-state index in [0.29, 0.717) is 35.9 Å². The van der Waals surface area contributed by atoms with Gasteiger partial charge in [-0.3, -0.25) is 4.79 Å². The molecule has 1 N–H and O–H groups in total. The number of H-pyrrole nitrogens is 1. The number of oxazole rings is 1. The van der Waals surface area contributed by atoms with Crippen LogP contribution in [0.4, 0.5) is 8.78 Å². The summed E-state index contributed by atoms with van der Waals surface area (Å²) in [7, 11) is 0. The van der Waals surface area contributed by atoms with Crippen LogP contribution in [0.25, 0.3) is 11.4 Å². The second-order valence-electron chi connectivity index (χ2n) is 6.26. The zero-order chi connectivity index (χ0) is 18.1. The molecule has 3 aromatic rings. The number of rotatable bonds is 3. The Morgan fingerprint density at radius 3 is 2.96 bits per heavy atom. The van der Waals surface area contributed by atoms with Crippen LogP contribution in [-0.4, -0.2) is 38.8 Å². The van der Waals surface area contributed by atoms with E-state index < -0.39 is 5.95 Å². The van der Waals surface area contributed by atoms with Crippen molar-refractivity contribution in [3.8, 4) is 11.4 Å². The minimum atomic E-state index is -0.619. The van der Waals surface area contributed by atoms with Gasteiger partial charge in [-0.2, -0.15) is 4.39 Å². The van der Waals surface area contributed by atoms with E-state index in [-0.39, 0.29) is 17.6 Å². The van der Waals surface area contributed by atoms with Gasteiger partial charge in [0.1, 0.15) is 17.8 Å². The minimum Gasteiger partial charge on any atom is -0.448 e. The standard InChI is InChI=1S/C18H16F2N4O2/c19-13-6-14(21-8-13)15-10-26-17(23-15)12-2-1-5-24(9-12)18(25)11-3-4-16(20)22-7-11/h3-4,6-8,10,12,21H,1-2,5,9H2/t12-/m0/s1. The number of halogens is 2. The molecule has 1 amide bonds. The summed E-state index contributed by atoms with van der Waals surface area (Å²) < 4.78 is 31.6. The monoisotopic (exact) mass is 358 g/mol. The smallest absolute Gasteiger partial charge is 0.255 e. The van der Waals surface area contributed by atoms with Crippen LogP contribution in [0.15, 0.2) is 41.3 Å². The van der Waals surface area contributed by atoms with E-state index in [1.54, 1.807) is 4.90 Å². The molecule has 8 heteroatoms.